The molecule has 3 heteroatoms. The molecule has 1 aromatic heterocycles. The fourth-order valence-electron chi connectivity index (χ4n) is 3.79. The highest BCUT2D eigenvalue weighted by atomic mass is 15.1. The van der Waals surface area contributed by atoms with Crippen LogP contribution < -0.4 is 5.32 Å². The first-order valence-electron chi connectivity index (χ1n) is 8.79. The largest absolute Gasteiger partial charge is 0.385 e. The molecule has 116 valence electrons. The Balaban J connectivity index is 1.43. The molecule has 1 N–H and O–H groups in total. The summed E-state index contributed by atoms with van der Waals surface area (Å²) in [6, 6.07) is 8.79. The van der Waals surface area contributed by atoms with Gasteiger partial charge >= 0.3 is 0 Å². The molecule has 0 atom stereocenters. The van der Waals surface area contributed by atoms with E-state index >= 15 is 0 Å². The lowest BCUT2D eigenvalue weighted by Gasteiger charge is -2.12. The topological polar surface area (TPSA) is 29.9 Å². The van der Waals surface area contributed by atoms with Gasteiger partial charge in [0, 0.05) is 37.0 Å². The highest BCUT2D eigenvalue weighted by molar-refractivity contribution is 5.62. The molecule has 1 aliphatic heterocycles. The summed E-state index contributed by atoms with van der Waals surface area (Å²) < 4.78 is 2.32. The molecular weight excluding hydrogens is 270 g/mol. The average molecular weight is 295 g/mol. The molecule has 0 spiro atoms. The van der Waals surface area contributed by atoms with Crippen molar-refractivity contribution in [1.82, 2.24) is 9.55 Å². The first kappa shape index (κ1) is 13.9. The number of aryl methyl sites for hydroxylation is 2. The molecule has 1 aromatic carbocycles. The summed E-state index contributed by atoms with van der Waals surface area (Å²) in [4.78, 5) is 4.80. The van der Waals surface area contributed by atoms with E-state index in [-0.39, 0.29) is 0 Å². The third-order valence-corrected chi connectivity index (χ3v) is 5.16. The Morgan fingerprint density at radius 1 is 1.05 bits per heavy atom. The number of nitrogens with one attached hydrogen (secondary N) is 1. The van der Waals surface area contributed by atoms with Crippen molar-refractivity contribution < 1.29 is 0 Å². The lowest BCUT2D eigenvalue weighted by molar-refractivity contribution is 0.522. The molecule has 0 saturated heterocycles. The van der Waals surface area contributed by atoms with Gasteiger partial charge in [-0.1, -0.05) is 25.0 Å². The third-order valence-electron chi connectivity index (χ3n) is 5.16. The summed E-state index contributed by atoms with van der Waals surface area (Å²) >= 11 is 0. The monoisotopic (exact) mass is 295 g/mol. The summed E-state index contributed by atoms with van der Waals surface area (Å²) in [5.74, 6) is 2.13. The van der Waals surface area contributed by atoms with Crippen LogP contribution in [-0.2, 0) is 13.0 Å². The van der Waals surface area contributed by atoms with E-state index in [1.165, 1.54) is 55.6 Å². The average Bonchev–Trinajstić information content (AvgIpc) is 3.22. The van der Waals surface area contributed by atoms with Crippen LogP contribution >= 0.6 is 0 Å². The number of hydrogen-bond donors (Lipinski definition) is 1. The van der Waals surface area contributed by atoms with Gasteiger partial charge in [0.2, 0.25) is 0 Å². The highest BCUT2D eigenvalue weighted by Gasteiger charge is 2.15. The quantitative estimate of drug-likeness (QED) is 0.900. The van der Waals surface area contributed by atoms with Crippen LogP contribution in [0, 0.1) is 5.92 Å². The van der Waals surface area contributed by atoms with Crippen LogP contribution in [0.4, 0.5) is 5.69 Å². The smallest absolute Gasteiger partial charge is 0.109 e. The van der Waals surface area contributed by atoms with Crippen molar-refractivity contribution in [3.8, 4) is 11.3 Å². The van der Waals surface area contributed by atoms with Crippen LogP contribution in [0.1, 0.15) is 44.3 Å². The summed E-state index contributed by atoms with van der Waals surface area (Å²) in [5, 5.41) is 3.59. The Labute approximate surface area is 132 Å². The van der Waals surface area contributed by atoms with E-state index in [1.54, 1.807) is 0 Å². The summed E-state index contributed by atoms with van der Waals surface area (Å²) in [6.45, 7) is 2.25. The Morgan fingerprint density at radius 3 is 2.64 bits per heavy atom. The Bertz CT molecular complexity index is 597. The molecule has 22 heavy (non-hydrogen) atoms. The van der Waals surface area contributed by atoms with Gasteiger partial charge in [0.1, 0.15) is 5.82 Å². The van der Waals surface area contributed by atoms with Crippen LogP contribution in [0.5, 0.6) is 0 Å². The minimum atomic E-state index is 0.875. The van der Waals surface area contributed by atoms with Crippen molar-refractivity contribution in [2.45, 2.75) is 51.5 Å². The Hall–Kier alpha value is -1.77. The van der Waals surface area contributed by atoms with Crippen molar-refractivity contribution >= 4 is 5.69 Å². The van der Waals surface area contributed by atoms with Crippen molar-refractivity contribution in [2.24, 2.45) is 5.92 Å². The molecule has 0 radical (unpaired) electrons. The number of rotatable bonds is 4. The Morgan fingerprint density at radius 2 is 1.86 bits per heavy atom. The minimum Gasteiger partial charge on any atom is -0.385 e. The summed E-state index contributed by atoms with van der Waals surface area (Å²) in [6.07, 6.45) is 11.5. The van der Waals surface area contributed by atoms with Crippen molar-refractivity contribution in [3.05, 3.63) is 36.3 Å². The standard InChI is InChI=1S/C19H25N3/c1-2-6-15(5-1)13-20-17-10-8-16(9-11-17)18-14-22-12-4-3-7-19(22)21-18/h8-11,14-15,20H,1-7,12-13H2. The first-order chi connectivity index (χ1) is 10.9. The SMILES string of the molecule is c1cc(-c2cn3c(n2)CCCC3)ccc1NCC1CCCC1. The van der Waals surface area contributed by atoms with E-state index in [0.717, 1.165) is 31.1 Å². The number of benzene rings is 1. The van der Waals surface area contributed by atoms with Gasteiger partial charge in [-0.2, -0.15) is 0 Å². The predicted molar refractivity (Wildman–Crippen MR) is 91.0 cm³/mol. The molecule has 1 saturated carbocycles. The number of fused-ring (bicyclic) bond motifs is 1. The predicted octanol–water partition coefficient (Wildman–Crippen LogP) is 4.49. The summed E-state index contributed by atoms with van der Waals surface area (Å²) in [7, 11) is 0. The molecule has 0 unspecified atom stereocenters. The molecule has 2 aromatic rings. The third kappa shape index (κ3) is 2.90. The molecular formula is C19H25N3. The number of hydrogen-bond acceptors (Lipinski definition) is 2. The highest BCUT2D eigenvalue weighted by Crippen LogP contribution is 2.26. The van der Waals surface area contributed by atoms with E-state index in [1.807, 2.05) is 0 Å². The van der Waals surface area contributed by atoms with Crippen LogP contribution in [0.25, 0.3) is 11.3 Å². The maximum atomic E-state index is 4.80. The van der Waals surface area contributed by atoms with E-state index in [0.29, 0.717) is 0 Å². The van der Waals surface area contributed by atoms with Gasteiger partial charge in [0.05, 0.1) is 5.69 Å². The fraction of sp³-hybridized carbons (Fsp3) is 0.526. The van der Waals surface area contributed by atoms with Gasteiger partial charge < -0.3 is 9.88 Å². The lowest BCUT2D eigenvalue weighted by atomic mass is 10.1. The van der Waals surface area contributed by atoms with E-state index in [9.17, 15) is 0 Å². The zero-order chi connectivity index (χ0) is 14.8. The van der Waals surface area contributed by atoms with Crippen molar-refractivity contribution in [1.29, 1.82) is 0 Å². The fourth-order valence-corrected chi connectivity index (χ4v) is 3.79. The van der Waals surface area contributed by atoms with Crippen molar-refractivity contribution in [3.63, 3.8) is 0 Å². The number of anilines is 1. The normalized spacial score (nSPS) is 18.4. The van der Waals surface area contributed by atoms with E-state index < -0.39 is 0 Å². The van der Waals surface area contributed by atoms with E-state index in [2.05, 4.69) is 40.3 Å². The van der Waals surface area contributed by atoms with Gasteiger partial charge in [-0.25, -0.2) is 4.98 Å². The molecule has 3 nitrogen and oxygen atoms in total. The zero-order valence-electron chi connectivity index (χ0n) is 13.2. The number of aromatic nitrogens is 2. The van der Waals surface area contributed by atoms with Crippen LogP contribution in [0.15, 0.2) is 30.5 Å². The summed E-state index contributed by atoms with van der Waals surface area (Å²) in [5.41, 5.74) is 3.59. The number of imidazole rings is 1. The second kappa shape index (κ2) is 6.15. The first-order valence-corrected chi connectivity index (χ1v) is 8.79. The zero-order valence-corrected chi connectivity index (χ0v) is 13.2. The maximum Gasteiger partial charge on any atom is 0.109 e. The Kier molecular flexibility index (Phi) is 3.88. The molecule has 4 rings (SSSR count). The second-order valence-electron chi connectivity index (χ2n) is 6.80. The van der Waals surface area contributed by atoms with Gasteiger partial charge in [-0.05, 0) is 43.7 Å². The molecule has 2 aliphatic rings. The maximum absolute atomic E-state index is 4.80. The minimum absolute atomic E-state index is 0.875. The molecule has 1 aliphatic carbocycles. The van der Waals surface area contributed by atoms with Crippen molar-refractivity contribution in [2.75, 3.05) is 11.9 Å². The molecule has 2 heterocycles. The molecule has 0 bridgehead atoms. The van der Waals surface area contributed by atoms with Gasteiger partial charge in [0.15, 0.2) is 0 Å². The lowest BCUT2D eigenvalue weighted by Crippen LogP contribution is -2.10. The van der Waals surface area contributed by atoms with Crippen LogP contribution in [0.3, 0.4) is 0 Å². The van der Waals surface area contributed by atoms with Crippen LogP contribution in [-0.4, -0.2) is 16.1 Å². The number of nitrogens with zero attached hydrogens (tertiary/aromatic N) is 2. The van der Waals surface area contributed by atoms with Crippen LogP contribution in [0.2, 0.25) is 0 Å². The van der Waals surface area contributed by atoms with Gasteiger partial charge in [-0.15, -0.1) is 0 Å². The van der Waals surface area contributed by atoms with Gasteiger partial charge in [-0.3, -0.25) is 0 Å². The molecule has 0 amide bonds. The molecule has 1 fully saturated rings. The van der Waals surface area contributed by atoms with Gasteiger partial charge in [0.25, 0.3) is 0 Å². The second-order valence-corrected chi connectivity index (χ2v) is 6.80. The van der Waals surface area contributed by atoms with E-state index in [4.69, 9.17) is 4.98 Å².